The van der Waals surface area contributed by atoms with Crippen LogP contribution in [0, 0.1) is 5.92 Å². The maximum atomic E-state index is 5.98. The second-order valence-electron chi connectivity index (χ2n) is 4.59. The fourth-order valence-electron chi connectivity index (χ4n) is 1.68. The minimum atomic E-state index is 0.618. The molecule has 0 unspecified atom stereocenters. The number of aromatic nitrogens is 3. The van der Waals surface area contributed by atoms with Gasteiger partial charge in [-0.25, -0.2) is 9.67 Å². The Balaban J connectivity index is 2.12. The summed E-state index contributed by atoms with van der Waals surface area (Å²) in [6.45, 7) is 6.01. The van der Waals surface area contributed by atoms with E-state index in [0.717, 1.165) is 18.1 Å². The number of nitrogens with zero attached hydrogens (tertiary/aromatic N) is 3. The highest BCUT2D eigenvalue weighted by Crippen LogP contribution is 2.14. The van der Waals surface area contributed by atoms with Crippen LogP contribution in [0.15, 0.2) is 30.6 Å². The van der Waals surface area contributed by atoms with Crippen LogP contribution in [0.25, 0.3) is 5.69 Å². The SMILES string of the molecule is CC(C)CNCc1ncnn1-c1cccc(Cl)c1. The van der Waals surface area contributed by atoms with Crippen LogP contribution in [0.3, 0.4) is 0 Å². The molecule has 0 saturated heterocycles. The first-order valence-corrected chi connectivity index (χ1v) is 6.40. The third-order valence-electron chi connectivity index (χ3n) is 2.51. The minimum absolute atomic E-state index is 0.618. The Labute approximate surface area is 112 Å². The second kappa shape index (κ2) is 5.98. The Morgan fingerprint density at radius 3 is 2.94 bits per heavy atom. The molecule has 0 aliphatic rings. The summed E-state index contributed by atoms with van der Waals surface area (Å²) in [7, 11) is 0. The molecule has 0 aliphatic heterocycles. The summed E-state index contributed by atoms with van der Waals surface area (Å²) in [6.07, 6.45) is 1.56. The van der Waals surface area contributed by atoms with Gasteiger partial charge in [0.1, 0.15) is 12.2 Å². The molecule has 0 fully saturated rings. The number of hydrogen-bond donors (Lipinski definition) is 1. The molecule has 1 N–H and O–H groups in total. The number of benzene rings is 1. The van der Waals surface area contributed by atoms with Crippen molar-refractivity contribution in [1.29, 1.82) is 0 Å². The summed E-state index contributed by atoms with van der Waals surface area (Å²) in [6, 6.07) is 7.60. The average Bonchev–Trinajstić information content (AvgIpc) is 2.77. The Bertz CT molecular complexity index is 507. The number of rotatable bonds is 5. The van der Waals surface area contributed by atoms with Gasteiger partial charge >= 0.3 is 0 Å². The topological polar surface area (TPSA) is 42.7 Å². The number of halogens is 1. The van der Waals surface area contributed by atoms with Crippen molar-refractivity contribution in [1.82, 2.24) is 20.1 Å². The van der Waals surface area contributed by atoms with Crippen molar-refractivity contribution < 1.29 is 0 Å². The zero-order valence-corrected chi connectivity index (χ0v) is 11.4. The van der Waals surface area contributed by atoms with Crippen molar-refractivity contribution in [2.75, 3.05) is 6.54 Å². The van der Waals surface area contributed by atoms with Crippen LogP contribution in [0.2, 0.25) is 5.02 Å². The monoisotopic (exact) mass is 264 g/mol. The van der Waals surface area contributed by atoms with E-state index in [1.54, 1.807) is 11.0 Å². The molecular formula is C13H17ClN4. The average molecular weight is 265 g/mol. The Morgan fingerprint density at radius 1 is 1.39 bits per heavy atom. The van der Waals surface area contributed by atoms with Crippen molar-refractivity contribution in [2.24, 2.45) is 5.92 Å². The largest absolute Gasteiger partial charge is 0.310 e. The molecule has 1 aromatic heterocycles. The van der Waals surface area contributed by atoms with Crippen LogP contribution in [-0.2, 0) is 6.54 Å². The first-order chi connectivity index (χ1) is 8.66. The van der Waals surface area contributed by atoms with Gasteiger partial charge < -0.3 is 5.32 Å². The normalized spacial score (nSPS) is 11.1. The van der Waals surface area contributed by atoms with Crippen molar-refractivity contribution in [3.8, 4) is 5.69 Å². The molecule has 96 valence electrons. The smallest absolute Gasteiger partial charge is 0.146 e. The van der Waals surface area contributed by atoms with E-state index < -0.39 is 0 Å². The van der Waals surface area contributed by atoms with Crippen LogP contribution in [0.5, 0.6) is 0 Å². The molecule has 0 bridgehead atoms. The highest BCUT2D eigenvalue weighted by molar-refractivity contribution is 6.30. The quantitative estimate of drug-likeness (QED) is 0.903. The van der Waals surface area contributed by atoms with E-state index in [-0.39, 0.29) is 0 Å². The van der Waals surface area contributed by atoms with Crippen molar-refractivity contribution in [2.45, 2.75) is 20.4 Å². The van der Waals surface area contributed by atoms with Gasteiger partial charge in [0.15, 0.2) is 0 Å². The van der Waals surface area contributed by atoms with Crippen molar-refractivity contribution in [3.63, 3.8) is 0 Å². The Hall–Kier alpha value is -1.39. The summed E-state index contributed by atoms with van der Waals surface area (Å²) in [5.74, 6) is 1.51. The van der Waals surface area contributed by atoms with E-state index in [1.165, 1.54) is 0 Å². The van der Waals surface area contributed by atoms with Gasteiger partial charge in [0.2, 0.25) is 0 Å². The van der Waals surface area contributed by atoms with Gasteiger partial charge in [-0.15, -0.1) is 0 Å². The van der Waals surface area contributed by atoms with E-state index >= 15 is 0 Å². The molecule has 0 aliphatic carbocycles. The third-order valence-corrected chi connectivity index (χ3v) is 2.74. The lowest BCUT2D eigenvalue weighted by Gasteiger charge is -2.09. The highest BCUT2D eigenvalue weighted by Gasteiger charge is 2.06. The highest BCUT2D eigenvalue weighted by atomic mass is 35.5. The van der Waals surface area contributed by atoms with Gasteiger partial charge in [-0.1, -0.05) is 31.5 Å². The fourth-order valence-corrected chi connectivity index (χ4v) is 1.87. The predicted octanol–water partition coefficient (Wildman–Crippen LogP) is 2.67. The van der Waals surface area contributed by atoms with Gasteiger partial charge in [0.25, 0.3) is 0 Å². The molecule has 0 saturated carbocycles. The van der Waals surface area contributed by atoms with Crippen LogP contribution < -0.4 is 5.32 Å². The molecule has 18 heavy (non-hydrogen) atoms. The summed E-state index contributed by atoms with van der Waals surface area (Å²) < 4.78 is 1.80. The molecule has 1 aromatic carbocycles. The lowest BCUT2D eigenvalue weighted by atomic mass is 10.2. The van der Waals surface area contributed by atoms with Crippen LogP contribution in [0.1, 0.15) is 19.7 Å². The van der Waals surface area contributed by atoms with E-state index in [9.17, 15) is 0 Å². The second-order valence-corrected chi connectivity index (χ2v) is 5.03. The third kappa shape index (κ3) is 3.31. The number of nitrogens with one attached hydrogen (secondary N) is 1. The first kappa shape index (κ1) is 13.1. The molecule has 0 amide bonds. The standard InChI is InChI=1S/C13H17ClN4/c1-10(2)7-15-8-13-16-9-17-18(13)12-5-3-4-11(14)6-12/h3-6,9-10,15H,7-8H2,1-2H3. The zero-order valence-electron chi connectivity index (χ0n) is 10.6. The lowest BCUT2D eigenvalue weighted by Crippen LogP contribution is -2.21. The van der Waals surface area contributed by atoms with Crippen molar-refractivity contribution in [3.05, 3.63) is 41.4 Å². The molecule has 2 rings (SSSR count). The van der Waals surface area contributed by atoms with Gasteiger partial charge in [0.05, 0.1) is 12.2 Å². The molecule has 1 heterocycles. The first-order valence-electron chi connectivity index (χ1n) is 6.02. The molecule has 0 spiro atoms. The van der Waals surface area contributed by atoms with Gasteiger partial charge in [0, 0.05) is 5.02 Å². The van der Waals surface area contributed by atoms with E-state index in [1.807, 2.05) is 24.3 Å². The van der Waals surface area contributed by atoms with Gasteiger partial charge in [-0.3, -0.25) is 0 Å². The maximum absolute atomic E-state index is 5.98. The lowest BCUT2D eigenvalue weighted by molar-refractivity contribution is 0.538. The van der Waals surface area contributed by atoms with Gasteiger partial charge in [-0.2, -0.15) is 5.10 Å². The predicted molar refractivity (Wildman–Crippen MR) is 72.9 cm³/mol. The molecule has 2 aromatic rings. The zero-order chi connectivity index (χ0) is 13.0. The number of hydrogen-bond acceptors (Lipinski definition) is 3. The minimum Gasteiger partial charge on any atom is -0.310 e. The molecular weight excluding hydrogens is 248 g/mol. The Kier molecular flexibility index (Phi) is 4.33. The van der Waals surface area contributed by atoms with Crippen LogP contribution in [-0.4, -0.2) is 21.3 Å². The maximum Gasteiger partial charge on any atom is 0.146 e. The summed E-state index contributed by atoms with van der Waals surface area (Å²) in [5, 5.41) is 8.29. The summed E-state index contributed by atoms with van der Waals surface area (Å²) in [4.78, 5) is 4.27. The molecule has 4 nitrogen and oxygen atoms in total. The molecule has 0 radical (unpaired) electrons. The fraction of sp³-hybridized carbons (Fsp3) is 0.385. The van der Waals surface area contributed by atoms with E-state index in [0.29, 0.717) is 17.5 Å². The van der Waals surface area contributed by atoms with E-state index in [4.69, 9.17) is 11.6 Å². The van der Waals surface area contributed by atoms with Crippen LogP contribution in [0.4, 0.5) is 0 Å². The molecule has 5 heteroatoms. The summed E-state index contributed by atoms with van der Waals surface area (Å²) >= 11 is 5.98. The van der Waals surface area contributed by atoms with Crippen molar-refractivity contribution >= 4 is 11.6 Å². The Morgan fingerprint density at radius 2 is 2.22 bits per heavy atom. The van der Waals surface area contributed by atoms with Crippen LogP contribution >= 0.6 is 11.6 Å². The molecule has 0 atom stereocenters. The van der Waals surface area contributed by atoms with Gasteiger partial charge in [-0.05, 0) is 30.7 Å². The van der Waals surface area contributed by atoms with E-state index in [2.05, 4.69) is 29.2 Å². The summed E-state index contributed by atoms with van der Waals surface area (Å²) in [5.41, 5.74) is 0.932.